The minimum Gasteiger partial charge on any atom is -0.350 e. The van der Waals surface area contributed by atoms with Crippen LogP contribution in [0.2, 0.25) is 0 Å². The van der Waals surface area contributed by atoms with Gasteiger partial charge in [0.15, 0.2) is 0 Å². The molecule has 1 aromatic heterocycles. The number of hydrogen-bond acceptors (Lipinski definition) is 4. The highest BCUT2D eigenvalue weighted by Crippen LogP contribution is 2.12. The van der Waals surface area contributed by atoms with Gasteiger partial charge in [-0.2, -0.15) is 0 Å². The number of hydrogen-bond donors (Lipinski definition) is 3. The molecule has 1 unspecified atom stereocenters. The maximum Gasteiger partial charge on any atom is 0.251 e. The first-order valence-corrected chi connectivity index (χ1v) is 7.24. The summed E-state index contributed by atoms with van der Waals surface area (Å²) in [6.07, 6.45) is 2.85. The lowest BCUT2D eigenvalue weighted by Crippen LogP contribution is -2.33. The summed E-state index contributed by atoms with van der Waals surface area (Å²) in [6, 6.07) is 3.65. The second-order valence-corrected chi connectivity index (χ2v) is 5.58. The van der Waals surface area contributed by atoms with Crippen LogP contribution in [-0.2, 0) is 6.42 Å². The van der Waals surface area contributed by atoms with Gasteiger partial charge in [-0.05, 0) is 44.2 Å². The van der Waals surface area contributed by atoms with Gasteiger partial charge in [0.25, 0.3) is 5.91 Å². The predicted octanol–water partition coefficient (Wildman–Crippen LogP) is 2.48. The fourth-order valence-corrected chi connectivity index (χ4v) is 1.94. The highest BCUT2D eigenvalue weighted by atomic mass is 16.1. The summed E-state index contributed by atoms with van der Waals surface area (Å²) in [7, 11) is 0. The normalized spacial score (nSPS) is 12.3. The number of amides is 1. The van der Waals surface area contributed by atoms with Gasteiger partial charge in [0, 0.05) is 17.3 Å². The maximum absolute atomic E-state index is 12.2. The summed E-state index contributed by atoms with van der Waals surface area (Å²) in [5, 5.41) is 3.02. The van der Waals surface area contributed by atoms with Gasteiger partial charge in [0.05, 0.1) is 0 Å². The Bertz CT molecular complexity index is 423. The van der Waals surface area contributed by atoms with Gasteiger partial charge in [0.1, 0.15) is 5.82 Å². The Kier molecular flexibility index (Phi) is 6.45. The van der Waals surface area contributed by atoms with Crippen molar-refractivity contribution in [1.82, 2.24) is 10.3 Å². The van der Waals surface area contributed by atoms with Crippen molar-refractivity contribution in [3.63, 3.8) is 0 Å². The van der Waals surface area contributed by atoms with Gasteiger partial charge in [-0.1, -0.05) is 20.8 Å². The first-order valence-electron chi connectivity index (χ1n) is 7.24. The molecule has 1 heterocycles. The minimum absolute atomic E-state index is 0.0742. The van der Waals surface area contributed by atoms with E-state index in [0.29, 0.717) is 17.3 Å². The van der Waals surface area contributed by atoms with Crippen LogP contribution in [0.1, 0.15) is 56.6 Å². The third-order valence-electron chi connectivity index (χ3n) is 3.21. The molecule has 0 saturated carbocycles. The number of aromatic nitrogens is 1. The van der Waals surface area contributed by atoms with Crippen LogP contribution in [0.25, 0.3) is 0 Å². The highest BCUT2D eigenvalue weighted by molar-refractivity contribution is 5.95. The summed E-state index contributed by atoms with van der Waals surface area (Å²) in [5.41, 5.74) is 3.95. The van der Waals surface area contributed by atoms with E-state index in [9.17, 15) is 4.79 Å². The van der Waals surface area contributed by atoms with Crippen molar-refractivity contribution in [2.24, 2.45) is 11.8 Å². The molecule has 0 fully saturated rings. The van der Waals surface area contributed by atoms with Gasteiger partial charge in [-0.3, -0.25) is 4.79 Å². The number of rotatable bonds is 7. The number of carbonyl (C=O) groups is 1. The Balaban J connectivity index is 2.71. The summed E-state index contributed by atoms with van der Waals surface area (Å²) in [6.45, 7) is 8.40. The number of nitrogens with zero attached hydrogens (tertiary/aromatic N) is 1. The number of hydrazine groups is 1. The van der Waals surface area contributed by atoms with E-state index in [1.807, 2.05) is 19.9 Å². The first-order chi connectivity index (χ1) is 9.46. The van der Waals surface area contributed by atoms with Gasteiger partial charge in [-0.25, -0.2) is 10.8 Å². The Morgan fingerprint density at radius 3 is 2.55 bits per heavy atom. The monoisotopic (exact) mass is 278 g/mol. The number of nitrogens with one attached hydrogen (secondary N) is 2. The number of anilines is 1. The largest absolute Gasteiger partial charge is 0.350 e. The third kappa shape index (κ3) is 5.17. The van der Waals surface area contributed by atoms with Crippen LogP contribution in [0.3, 0.4) is 0 Å². The lowest BCUT2D eigenvalue weighted by atomic mass is 10.0. The van der Waals surface area contributed by atoms with E-state index < -0.39 is 0 Å². The lowest BCUT2D eigenvalue weighted by Gasteiger charge is -2.15. The molecule has 1 aromatic rings. The number of nitrogen functional groups attached to an aromatic ring is 1. The molecule has 0 aliphatic rings. The molecule has 0 aliphatic carbocycles. The SMILES string of the molecule is CCc1cc(C(=O)NC(C)CCC(C)C)cc(NN)n1. The van der Waals surface area contributed by atoms with Crippen LogP contribution in [0, 0.1) is 5.92 Å². The molecular formula is C15H26N4O. The van der Waals surface area contributed by atoms with E-state index in [2.05, 4.69) is 29.6 Å². The summed E-state index contributed by atoms with van der Waals surface area (Å²) >= 11 is 0. The van der Waals surface area contributed by atoms with E-state index in [0.717, 1.165) is 25.0 Å². The molecule has 0 saturated heterocycles. The second-order valence-electron chi connectivity index (χ2n) is 5.58. The van der Waals surface area contributed by atoms with Crippen molar-refractivity contribution >= 4 is 11.7 Å². The van der Waals surface area contributed by atoms with E-state index in [4.69, 9.17) is 5.84 Å². The molecular weight excluding hydrogens is 252 g/mol. The summed E-state index contributed by atoms with van der Waals surface area (Å²) in [4.78, 5) is 16.5. The highest BCUT2D eigenvalue weighted by Gasteiger charge is 2.12. The van der Waals surface area contributed by atoms with Gasteiger partial charge in [-0.15, -0.1) is 0 Å². The smallest absolute Gasteiger partial charge is 0.251 e. The number of nitrogens with two attached hydrogens (primary N) is 1. The summed E-state index contributed by atoms with van der Waals surface area (Å²) < 4.78 is 0. The van der Waals surface area contributed by atoms with Gasteiger partial charge < -0.3 is 10.7 Å². The molecule has 1 atom stereocenters. The predicted molar refractivity (Wildman–Crippen MR) is 82.4 cm³/mol. The van der Waals surface area contributed by atoms with Crippen LogP contribution in [0.5, 0.6) is 0 Å². The van der Waals surface area contributed by atoms with Gasteiger partial charge in [0.2, 0.25) is 0 Å². The maximum atomic E-state index is 12.2. The molecule has 1 amide bonds. The van der Waals surface area contributed by atoms with Crippen molar-refractivity contribution in [1.29, 1.82) is 0 Å². The molecule has 0 bridgehead atoms. The van der Waals surface area contributed by atoms with Crippen molar-refractivity contribution in [3.8, 4) is 0 Å². The number of pyridine rings is 1. The Labute approximate surface area is 121 Å². The Morgan fingerprint density at radius 1 is 1.30 bits per heavy atom. The fourth-order valence-electron chi connectivity index (χ4n) is 1.94. The molecule has 5 heteroatoms. The van der Waals surface area contributed by atoms with Crippen molar-refractivity contribution < 1.29 is 4.79 Å². The van der Waals surface area contributed by atoms with Crippen LogP contribution in [-0.4, -0.2) is 16.9 Å². The molecule has 0 radical (unpaired) electrons. The van der Waals surface area contributed by atoms with Crippen LogP contribution in [0.15, 0.2) is 12.1 Å². The first kappa shape index (κ1) is 16.4. The Morgan fingerprint density at radius 2 is 2.00 bits per heavy atom. The average molecular weight is 278 g/mol. The molecule has 4 N–H and O–H groups in total. The second kappa shape index (κ2) is 7.85. The van der Waals surface area contributed by atoms with E-state index in [1.165, 1.54) is 0 Å². The standard InChI is InChI=1S/C15H26N4O/c1-5-13-8-12(9-14(18-13)19-16)15(20)17-11(4)7-6-10(2)3/h8-11H,5-7,16H2,1-4H3,(H,17,20)(H,18,19). The van der Waals surface area contributed by atoms with E-state index >= 15 is 0 Å². The zero-order chi connectivity index (χ0) is 15.1. The molecule has 0 spiro atoms. The molecule has 0 aliphatic heterocycles. The molecule has 0 aromatic carbocycles. The van der Waals surface area contributed by atoms with Crippen LogP contribution in [0.4, 0.5) is 5.82 Å². The fraction of sp³-hybridized carbons (Fsp3) is 0.600. The average Bonchev–Trinajstić information content (AvgIpc) is 2.44. The quantitative estimate of drug-likeness (QED) is 0.529. The van der Waals surface area contributed by atoms with E-state index in [1.54, 1.807) is 6.07 Å². The van der Waals surface area contributed by atoms with Crippen LogP contribution < -0.4 is 16.6 Å². The molecule has 5 nitrogen and oxygen atoms in total. The molecule has 1 rings (SSSR count). The van der Waals surface area contributed by atoms with Gasteiger partial charge >= 0.3 is 0 Å². The van der Waals surface area contributed by atoms with Crippen molar-refractivity contribution in [2.75, 3.05) is 5.43 Å². The third-order valence-corrected chi connectivity index (χ3v) is 3.21. The lowest BCUT2D eigenvalue weighted by molar-refractivity contribution is 0.0937. The summed E-state index contributed by atoms with van der Waals surface area (Å²) in [5.74, 6) is 6.47. The van der Waals surface area contributed by atoms with Crippen molar-refractivity contribution in [2.45, 2.75) is 53.0 Å². The topological polar surface area (TPSA) is 80.0 Å². The molecule has 112 valence electrons. The Hall–Kier alpha value is -1.62. The van der Waals surface area contributed by atoms with Crippen LogP contribution >= 0.6 is 0 Å². The number of aryl methyl sites for hydroxylation is 1. The molecule has 20 heavy (non-hydrogen) atoms. The number of carbonyl (C=O) groups excluding carboxylic acids is 1. The zero-order valence-corrected chi connectivity index (χ0v) is 12.9. The van der Waals surface area contributed by atoms with Crippen molar-refractivity contribution in [3.05, 3.63) is 23.4 Å². The minimum atomic E-state index is -0.0742. The van der Waals surface area contributed by atoms with E-state index in [-0.39, 0.29) is 11.9 Å². The zero-order valence-electron chi connectivity index (χ0n) is 12.9.